The minimum atomic E-state index is -5.03. The summed E-state index contributed by atoms with van der Waals surface area (Å²) >= 11 is 0. The standard InChI is InChI=1S/C23H34F3N3O6/c1-21(2,3)17(31)20(34)29-9-12-15(22(12,4)5)16(29)19(33)28-13(8-11-6-7-27-18(11)32)14(30)10-35-23(24,25)26/h11-13,15-17,31H,6-10H2,1-5H3,(H,27,32)(H,28,33)/t11-,12-,13-,15-,16-,17+/m0/s1. The minimum Gasteiger partial charge on any atom is -0.383 e. The Balaban J connectivity index is 1.80. The lowest BCUT2D eigenvalue weighted by atomic mass is 9.87. The molecule has 3 N–H and O–H groups in total. The van der Waals surface area contributed by atoms with E-state index in [1.54, 1.807) is 20.8 Å². The van der Waals surface area contributed by atoms with Crippen molar-refractivity contribution in [3.05, 3.63) is 0 Å². The summed E-state index contributed by atoms with van der Waals surface area (Å²) in [7, 11) is 0. The van der Waals surface area contributed by atoms with Gasteiger partial charge in [0, 0.05) is 19.0 Å². The molecule has 1 aliphatic carbocycles. The molecule has 0 spiro atoms. The van der Waals surface area contributed by atoms with Crippen LogP contribution in [0, 0.1) is 28.6 Å². The number of ether oxygens (including phenoxy) is 1. The van der Waals surface area contributed by atoms with Crippen LogP contribution in [0.25, 0.3) is 0 Å². The summed E-state index contributed by atoms with van der Waals surface area (Å²) in [5.41, 5.74) is -1.03. The molecule has 3 amide bonds. The first-order valence-corrected chi connectivity index (χ1v) is 11.7. The molecule has 2 heterocycles. The van der Waals surface area contributed by atoms with E-state index in [-0.39, 0.29) is 36.1 Å². The number of halogens is 3. The van der Waals surface area contributed by atoms with Gasteiger partial charge in [-0.15, -0.1) is 13.2 Å². The summed E-state index contributed by atoms with van der Waals surface area (Å²) in [6.07, 6.45) is -6.20. The van der Waals surface area contributed by atoms with Gasteiger partial charge in [0.25, 0.3) is 5.91 Å². The number of amides is 3. The highest BCUT2D eigenvalue weighted by molar-refractivity contribution is 5.95. The van der Waals surface area contributed by atoms with Crippen molar-refractivity contribution in [2.75, 3.05) is 19.7 Å². The van der Waals surface area contributed by atoms with Gasteiger partial charge in [-0.1, -0.05) is 34.6 Å². The first-order valence-electron chi connectivity index (χ1n) is 11.7. The summed E-state index contributed by atoms with van der Waals surface area (Å²) in [4.78, 5) is 52.4. The average molecular weight is 506 g/mol. The Hall–Kier alpha value is -2.21. The van der Waals surface area contributed by atoms with E-state index in [0.717, 1.165) is 0 Å². The molecule has 0 aromatic heterocycles. The zero-order chi connectivity index (χ0) is 26.5. The molecule has 198 valence electrons. The maximum absolute atomic E-state index is 13.4. The van der Waals surface area contributed by atoms with Crippen LogP contribution in [0.4, 0.5) is 13.2 Å². The van der Waals surface area contributed by atoms with Gasteiger partial charge in [-0.25, -0.2) is 0 Å². The van der Waals surface area contributed by atoms with Crippen LogP contribution in [0.5, 0.6) is 0 Å². The van der Waals surface area contributed by atoms with Crippen LogP contribution in [0.2, 0.25) is 0 Å². The number of ketones is 1. The second kappa shape index (κ2) is 9.34. The van der Waals surface area contributed by atoms with Crippen molar-refractivity contribution < 1.29 is 42.2 Å². The molecule has 35 heavy (non-hydrogen) atoms. The summed E-state index contributed by atoms with van der Waals surface area (Å²) < 4.78 is 41.2. The van der Waals surface area contributed by atoms with Gasteiger partial charge in [-0.3, -0.25) is 23.9 Å². The largest absolute Gasteiger partial charge is 0.522 e. The van der Waals surface area contributed by atoms with Crippen molar-refractivity contribution in [2.24, 2.45) is 28.6 Å². The Labute approximate surface area is 202 Å². The van der Waals surface area contributed by atoms with Crippen molar-refractivity contribution in [2.45, 2.75) is 72.0 Å². The number of likely N-dealkylation sites (tertiary alicyclic amines) is 1. The second-order valence-electron chi connectivity index (χ2n) is 11.4. The number of aliphatic hydroxyl groups is 1. The monoisotopic (exact) mass is 505 g/mol. The van der Waals surface area contributed by atoms with E-state index in [2.05, 4.69) is 15.4 Å². The van der Waals surface area contributed by atoms with Crippen molar-refractivity contribution in [3.63, 3.8) is 0 Å². The molecule has 0 aromatic rings. The number of hydrogen-bond acceptors (Lipinski definition) is 6. The van der Waals surface area contributed by atoms with Crippen LogP contribution in [0.15, 0.2) is 0 Å². The Bertz CT molecular complexity index is 885. The molecule has 1 saturated carbocycles. The molecule has 12 heteroatoms. The van der Waals surface area contributed by atoms with E-state index in [4.69, 9.17) is 0 Å². The zero-order valence-corrected chi connectivity index (χ0v) is 20.6. The van der Waals surface area contributed by atoms with E-state index in [0.29, 0.717) is 13.0 Å². The molecule has 0 radical (unpaired) electrons. The molecule has 0 bridgehead atoms. The third-order valence-corrected chi connectivity index (χ3v) is 7.58. The average Bonchev–Trinajstić information content (AvgIpc) is 3.10. The van der Waals surface area contributed by atoms with E-state index in [9.17, 15) is 37.5 Å². The molecule has 0 unspecified atom stereocenters. The fourth-order valence-corrected chi connectivity index (χ4v) is 5.28. The highest BCUT2D eigenvalue weighted by Crippen LogP contribution is 2.65. The Kier molecular flexibility index (Phi) is 7.31. The van der Waals surface area contributed by atoms with Crippen molar-refractivity contribution in [1.82, 2.24) is 15.5 Å². The topological polar surface area (TPSA) is 125 Å². The Morgan fingerprint density at radius 3 is 2.40 bits per heavy atom. The normalized spacial score (nSPS) is 29.3. The van der Waals surface area contributed by atoms with Gasteiger partial charge >= 0.3 is 6.36 Å². The van der Waals surface area contributed by atoms with E-state index in [1.807, 2.05) is 13.8 Å². The third kappa shape index (κ3) is 5.79. The fraction of sp³-hybridized carbons (Fsp3) is 0.826. The number of carbonyl (C=O) groups excluding carboxylic acids is 4. The fourth-order valence-electron chi connectivity index (χ4n) is 5.28. The van der Waals surface area contributed by atoms with Gasteiger partial charge in [0.05, 0.1) is 6.04 Å². The Morgan fingerprint density at radius 1 is 1.26 bits per heavy atom. The maximum Gasteiger partial charge on any atom is 0.522 e. The van der Waals surface area contributed by atoms with Crippen LogP contribution in [0.3, 0.4) is 0 Å². The number of alkyl halides is 3. The van der Waals surface area contributed by atoms with Crippen LogP contribution in [-0.2, 0) is 23.9 Å². The summed E-state index contributed by atoms with van der Waals surface area (Å²) in [6.45, 7) is 8.28. The molecule has 3 fully saturated rings. The summed E-state index contributed by atoms with van der Waals surface area (Å²) in [6, 6.07) is -2.39. The quantitative estimate of drug-likeness (QED) is 0.452. The number of aliphatic hydroxyl groups excluding tert-OH is 1. The molecule has 6 atom stereocenters. The molecule has 3 rings (SSSR count). The molecule has 3 aliphatic rings. The van der Waals surface area contributed by atoms with Crippen LogP contribution in [-0.4, -0.2) is 77.8 Å². The van der Waals surface area contributed by atoms with E-state index >= 15 is 0 Å². The number of carbonyl (C=O) groups is 4. The van der Waals surface area contributed by atoms with Crippen molar-refractivity contribution in [1.29, 1.82) is 0 Å². The number of nitrogens with one attached hydrogen (secondary N) is 2. The van der Waals surface area contributed by atoms with Gasteiger partial charge in [0.15, 0.2) is 5.78 Å². The van der Waals surface area contributed by atoms with Gasteiger partial charge in [0.1, 0.15) is 18.8 Å². The first-order chi connectivity index (χ1) is 15.9. The molecule has 9 nitrogen and oxygen atoms in total. The predicted octanol–water partition coefficient (Wildman–Crippen LogP) is 0.993. The van der Waals surface area contributed by atoms with E-state index in [1.165, 1.54) is 4.90 Å². The van der Waals surface area contributed by atoms with Gasteiger partial charge in [-0.2, -0.15) is 0 Å². The van der Waals surface area contributed by atoms with E-state index < -0.39 is 60.1 Å². The van der Waals surface area contributed by atoms with Gasteiger partial charge < -0.3 is 20.6 Å². The van der Waals surface area contributed by atoms with Crippen LogP contribution >= 0.6 is 0 Å². The summed E-state index contributed by atoms with van der Waals surface area (Å²) in [5.74, 6) is -3.53. The van der Waals surface area contributed by atoms with Gasteiger partial charge in [-0.05, 0) is 35.5 Å². The molecule has 2 saturated heterocycles. The highest BCUT2D eigenvalue weighted by Gasteiger charge is 2.69. The molecular formula is C23H34F3N3O6. The Morgan fingerprint density at radius 2 is 1.89 bits per heavy atom. The van der Waals surface area contributed by atoms with Crippen LogP contribution < -0.4 is 10.6 Å². The first kappa shape index (κ1) is 27.4. The minimum absolute atomic E-state index is 0.0118. The number of rotatable bonds is 8. The van der Waals surface area contributed by atoms with Crippen molar-refractivity contribution >= 4 is 23.5 Å². The molecule has 2 aliphatic heterocycles. The lowest BCUT2D eigenvalue weighted by Crippen LogP contribution is -2.57. The summed E-state index contributed by atoms with van der Waals surface area (Å²) in [5, 5.41) is 15.6. The second-order valence-corrected chi connectivity index (χ2v) is 11.4. The molecule has 0 aromatic carbocycles. The highest BCUT2D eigenvalue weighted by atomic mass is 19.4. The number of hydrogen-bond donors (Lipinski definition) is 3. The SMILES string of the molecule is CC(C)(C)[C@H](O)C(=O)N1C[C@H]2[C@@H]([C@H]1C(=O)N[C@@H](C[C@@H]1CCNC1=O)C(=O)COC(F)(F)F)C2(C)C. The van der Waals surface area contributed by atoms with Crippen LogP contribution in [0.1, 0.15) is 47.5 Å². The van der Waals surface area contributed by atoms with Crippen molar-refractivity contribution in [3.8, 4) is 0 Å². The lowest BCUT2D eigenvalue weighted by Gasteiger charge is -2.35. The predicted molar refractivity (Wildman–Crippen MR) is 116 cm³/mol. The van der Waals surface area contributed by atoms with Gasteiger partial charge in [0.2, 0.25) is 11.8 Å². The molecular weight excluding hydrogens is 471 g/mol. The maximum atomic E-state index is 13.4. The smallest absolute Gasteiger partial charge is 0.383 e. The number of piperidine rings is 1. The number of nitrogens with zero attached hydrogens (tertiary/aromatic N) is 1. The number of fused-ring (bicyclic) bond motifs is 1. The zero-order valence-electron chi connectivity index (χ0n) is 20.6. The third-order valence-electron chi connectivity index (χ3n) is 7.58. The number of Topliss-reactive ketones (excluding diaryl/α,β-unsaturated/α-hetero) is 1. The lowest BCUT2D eigenvalue weighted by molar-refractivity contribution is -0.321.